The Morgan fingerprint density at radius 2 is 1.68 bits per heavy atom. The Bertz CT molecular complexity index is 393. The summed E-state index contributed by atoms with van der Waals surface area (Å²) in [4.78, 5) is 0. The summed E-state index contributed by atoms with van der Waals surface area (Å²) < 4.78 is 38.1. The van der Waals surface area contributed by atoms with E-state index in [4.69, 9.17) is 0 Å². The van der Waals surface area contributed by atoms with E-state index >= 15 is 0 Å². The molecule has 0 amide bonds. The van der Waals surface area contributed by atoms with E-state index in [1.807, 2.05) is 6.92 Å². The van der Waals surface area contributed by atoms with Gasteiger partial charge in [0.1, 0.15) is 0 Å². The van der Waals surface area contributed by atoms with Crippen LogP contribution in [-0.2, 0) is 6.18 Å². The van der Waals surface area contributed by atoms with Gasteiger partial charge in [-0.3, -0.25) is 0 Å². The zero-order valence-electron chi connectivity index (χ0n) is 11.8. The number of rotatable bonds is 6. The van der Waals surface area contributed by atoms with E-state index in [0.717, 1.165) is 37.3 Å². The van der Waals surface area contributed by atoms with Gasteiger partial charge in [0, 0.05) is 11.7 Å². The molecular weight excluding hydrogens is 251 g/mol. The van der Waals surface area contributed by atoms with Crippen LogP contribution in [0.5, 0.6) is 0 Å². The predicted molar refractivity (Wildman–Crippen MR) is 73.4 cm³/mol. The number of hydrogen-bond acceptors (Lipinski definition) is 1. The molecule has 1 aromatic carbocycles. The Balaban J connectivity index is 2.92. The van der Waals surface area contributed by atoms with Gasteiger partial charge in [0.05, 0.1) is 5.56 Å². The Labute approximate surface area is 113 Å². The summed E-state index contributed by atoms with van der Waals surface area (Å²) in [5, 5.41) is 3.26. The van der Waals surface area contributed by atoms with Gasteiger partial charge < -0.3 is 5.32 Å². The van der Waals surface area contributed by atoms with Crippen LogP contribution in [0, 0.1) is 6.92 Å². The Hall–Kier alpha value is -1.19. The first-order chi connectivity index (χ1) is 8.88. The van der Waals surface area contributed by atoms with E-state index in [-0.39, 0.29) is 6.04 Å². The lowest BCUT2D eigenvalue weighted by Gasteiger charge is -2.21. The van der Waals surface area contributed by atoms with Crippen LogP contribution >= 0.6 is 0 Å². The molecular formula is C15H22F3N. The van der Waals surface area contributed by atoms with Crippen molar-refractivity contribution in [3.63, 3.8) is 0 Å². The maximum Gasteiger partial charge on any atom is 0.416 e. The smallest absolute Gasteiger partial charge is 0.382 e. The second-order valence-electron chi connectivity index (χ2n) is 4.95. The standard InChI is InChI=1S/C15H22F3N/c1-4-6-13(7-5-2)19-14-10-12(15(16,17)18)9-8-11(14)3/h8-10,13,19H,4-7H2,1-3H3. The van der Waals surface area contributed by atoms with E-state index in [2.05, 4.69) is 19.2 Å². The molecule has 108 valence electrons. The molecule has 0 saturated heterocycles. The minimum absolute atomic E-state index is 0.247. The van der Waals surface area contributed by atoms with Gasteiger partial charge in [-0.15, -0.1) is 0 Å². The molecule has 1 N–H and O–H groups in total. The summed E-state index contributed by atoms with van der Waals surface area (Å²) in [6, 6.07) is 4.13. The first kappa shape index (κ1) is 15.9. The largest absolute Gasteiger partial charge is 0.416 e. The van der Waals surface area contributed by atoms with Crippen LogP contribution in [0.4, 0.5) is 18.9 Å². The van der Waals surface area contributed by atoms with Crippen molar-refractivity contribution in [2.45, 2.75) is 58.7 Å². The lowest BCUT2D eigenvalue weighted by atomic mass is 10.0. The fourth-order valence-electron chi connectivity index (χ4n) is 2.16. The molecule has 0 aliphatic heterocycles. The topological polar surface area (TPSA) is 12.0 Å². The SMILES string of the molecule is CCCC(CCC)Nc1cc(C(F)(F)F)ccc1C. The molecule has 0 bridgehead atoms. The molecule has 0 aliphatic carbocycles. The average molecular weight is 273 g/mol. The molecule has 0 heterocycles. The Kier molecular flexibility index (Phi) is 5.70. The third-order valence-electron chi connectivity index (χ3n) is 3.20. The van der Waals surface area contributed by atoms with Crippen molar-refractivity contribution in [2.75, 3.05) is 5.32 Å². The zero-order chi connectivity index (χ0) is 14.5. The number of hydrogen-bond donors (Lipinski definition) is 1. The lowest BCUT2D eigenvalue weighted by Crippen LogP contribution is -2.20. The van der Waals surface area contributed by atoms with E-state index in [9.17, 15) is 13.2 Å². The summed E-state index contributed by atoms with van der Waals surface area (Å²) in [7, 11) is 0. The Morgan fingerprint density at radius 1 is 1.11 bits per heavy atom. The average Bonchev–Trinajstić information content (AvgIpc) is 2.31. The summed E-state index contributed by atoms with van der Waals surface area (Å²) in [5.41, 5.74) is 0.860. The molecule has 1 rings (SSSR count). The number of halogens is 3. The molecule has 4 heteroatoms. The van der Waals surface area contributed by atoms with Crippen LogP contribution in [0.25, 0.3) is 0 Å². The summed E-state index contributed by atoms with van der Waals surface area (Å²) in [6.45, 7) is 6.00. The highest BCUT2D eigenvalue weighted by Gasteiger charge is 2.30. The first-order valence-corrected chi connectivity index (χ1v) is 6.82. The molecule has 0 spiro atoms. The third-order valence-corrected chi connectivity index (χ3v) is 3.20. The summed E-state index contributed by atoms with van der Waals surface area (Å²) in [5.74, 6) is 0. The fraction of sp³-hybridized carbons (Fsp3) is 0.600. The Morgan fingerprint density at radius 3 is 2.16 bits per heavy atom. The third kappa shape index (κ3) is 4.77. The minimum atomic E-state index is -4.28. The normalized spacial score (nSPS) is 11.9. The van der Waals surface area contributed by atoms with Gasteiger partial charge in [0.15, 0.2) is 0 Å². The molecule has 0 unspecified atom stereocenters. The molecule has 0 fully saturated rings. The molecule has 0 saturated carbocycles. The van der Waals surface area contributed by atoms with Crippen molar-refractivity contribution in [3.8, 4) is 0 Å². The van der Waals surface area contributed by atoms with Crippen LogP contribution in [-0.4, -0.2) is 6.04 Å². The molecule has 19 heavy (non-hydrogen) atoms. The van der Waals surface area contributed by atoms with E-state index < -0.39 is 11.7 Å². The van der Waals surface area contributed by atoms with E-state index in [1.54, 1.807) is 0 Å². The van der Waals surface area contributed by atoms with Gasteiger partial charge in [-0.2, -0.15) is 13.2 Å². The van der Waals surface area contributed by atoms with E-state index in [0.29, 0.717) is 5.69 Å². The fourth-order valence-corrected chi connectivity index (χ4v) is 2.16. The van der Waals surface area contributed by atoms with Crippen LogP contribution in [0.2, 0.25) is 0 Å². The van der Waals surface area contributed by atoms with Crippen LogP contribution in [0.1, 0.15) is 50.7 Å². The minimum Gasteiger partial charge on any atom is -0.382 e. The second kappa shape index (κ2) is 6.83. The lowest BCUT2D eigenvalue weighted by molar-refractivity contribution is -0.137. The monoisotopic (exact) mass is 273 g/mol. The van der Waals surface area contributed by atoms with Crippen LogP contribution in [0.3, 0.4) is 0 Å². The van der Waals surface area contributed by atoms with Crippen molar-refractivity contribution in [3.05, 3.63) is 29.3 Å². The predicted octanol–water partition coefficient (Wildman–Crippen LogP) is 5.39. The zero-order valence-corrected chi connectivity index (χ0v) is 11.8. The molecule has 0 radical (unpaired) electrons. The quantitative estimate of drug-likeness (QED) is 0.732. The molecule has 1 nitrogen and oxygen atoms in total. The number of anilines is 1. The van der Waals surface area contributed by atoms with Gasteiger partial charge in [-0.25, -0.2) is 0 Å². The highest BCUT2D eigenvalue weighted by molar-refractivity contribution is 5.53. The molecule has 0 aliphatic rings. The van der Waals surface area contributed by atoms with Crippen molar-refractivity contribution < 1.29 is 13.2 Å². The number of alkyl halides is 3. The number of aryl methyl sites for hydroxylation is 1. The molecule has 0 aromatic heterocycles. The second-order valence-corrected chi connectivity index (χ2v) is 4.95. The first-order valence-electron chi connectivity index (χ1n) is 6.82. The van der Waals surface area contributed by atoms with Gasteiger partial charge in [-0.05, 0) is 37.5 Å². The van der Waals surface area contributed by atoms with Gasteiger partial charge in [-0.1, -0.05) is 32.8 Å². The number of benzene rings is 1. The highest BCUT2D eigenvalue weighted by atomic mass is 19.4. The maximum absolute atomic E-state index is 12.7. The highest BCUT2D eigenvalue weighted by Crippen LogP contribution is 2.32. The van der Waals surface area contributed by atoms with Gasteiger partial charge >= 0.3 is 6.18 Å². The molecule has 1 aromatic rings. The van der Waals surface area contributed by atoms with Crippen LogP contribution < -0.4 is 5.32 Å². The van der Waals surface area contributed by atoms with Gasteiger partial charge in [0.25, 0.3) is 0 Å². The van der Waals surface area contributed by atoms with Crippen molar-refractivity contribution in [1.82, 2.24) is 0 Å². The maximum atomic E-state index is 12.7. The van der Waals surface area contributed by atoms with Crippen molar-refractivity contribution >= 4 is 5.69 Å². The summed E-state index contributed by atoms with van der Waals surface area (Å²) in [6.07, 6.45) is -0.284. The van der Waals surface area contributed by atoms with Crippen molar-refractivity contribution in [2.24, 2.45) is 0 Å². The number of nitrogens with one attached hydrogen (secondary N) is 1. The molecule has 0 atom stereocenters. The van der Waals surface area contributed by atoms with Crippen LogP contribution in [0.15, 0.2) is 18.2 Å². The van der Waals surface area contributed by atoms with E-state index in [1.165, 1.54) is 12.1 Å². The van der Waals surface area contributed by atoms with Gasteiger partial charge in [0.2, 0.25) is 0 Å². The van der Waals surface area contributed by atoms with Crippen molar-refractivity contribution in [1.29, 1.82) is 0 Å². The summed E-state index contributed by atoms with van der Waals surface area (Å²) >= 11 is 0.